The standard InChI is InChI=1S/C14H10Cl2N2OS/c15-9-5-8(6-10(16)13(9)19)7-18-12-4-2-1-3-11(12)17-14(18)20/h1-6,19H,7H2,(H,17,20). The van der Waals surface area contributed by atoms with Gasteiger partial charge in [0.15, 0.2) is 10.9 Å². The third-order valence-electron chi connectivity index (χ3n) is 3.05. The van der Waals surface area contributed by atoms with Crippen LogP contribution in [0.5, 0.6) is 5.75 Å². The van der Waals surface area contributed by atoms with E-state index in [-0.39, 0.29) is 15.8 Å². The van der Waals surface area contributed by atoms with Gasteiger partial charge in [-0.3, -0.25) is 0 Å². The maximum Gasteiger partial charge on any atom is 0.166 e. The Balaban J connectivity index is 2.07. The Hall–Kier alpha value is -1.36. The first-order chi connectivity index (χ1) is 9.56. The number of hydrogen-bond donors (Lipinski definition) is 2. The monoisotopic (exact) mass is 324 g/mol. The van der Waals surface area contributed by atoms with Crippen molar-refractivity contribution in [2.24, 2.45) is 0 Å². The minimum atomic E-state index is -0.0985. The number of rotatable bonds is 2. The zero-order valence-corrected chi connectivity index (χ0v) is 12.6. The minimum absolute atomic E-state index is 0.0985. The molecule has 6 heteroatoms. The van der Waals surface area contributed by atoms with E-state index in [2.05, 4.69) is 17.6 Å². The van der Waals surface area contributed by atoms with Gasteiger partial charge in [-0.25, -0.2) is 4.98 Å². The maximum absolute atomic E-state index is 9.59. The molecule has 0 bridgehead atoms. The summed E-state index contributed by atoms with van der Waals surface area (Å²) >= 11 is 16.3. The van der Waals surface area contributed by atoms with Gasteiger partial charge in [0.05, 0.1) is 27.6 Å². The molecule has 20 heavy (non-hydrogen) atoms. The molecule has 1 heterocycles. The lowest BCUT2D eigenvalue weighted by Crippen LogP contribution is -2.00. The number of aromatic nitrogens is 2. The van der Waals surface area contributed by atoms with Crippen molar-refractivity contribution in [2.75, 3.05) is 0 Å². The van der Waals surface area contributed by atoms with Crippen molar-refractivity contribution >= 4 is 46.9 Å². The molecule has 0 atom stereocenters. The molecule has 1 aromatic heterocycles. The average Bonchev–Trinajstić information content (AvgIpc) is 2.73. The van der Waals surface area contributed by atoms with Crippen molar-refractivity contribution in [3.05, 3.63) is 52.0 Å². The Kier molecular flexibility index (Phi) is 3.54. The summed E-state index contributed by atoms with van der Waals surface area (Å²) in [7, 11) is 0. The highest BCUT2D eigenvalue weighted by Crippen LogP contribution is 2.33. The molecule has 0 saturated carbocycles. The van der Waals surface area contributed by atoms with Crippen LogP contribution in [0.25, 0.3) is 11.0 Å². The van der Waals surface area contributed by atoms with Gasteiger partial charge >= 0.3 is 0 Å². The topological polar surface area (TPSA) is 38.0 Å². The number of aromatic hydroxyl groups is 1. The molecule has 0 fully saturated rings. The number of phenolic OH excluding ortho intramolecular Hbond substituents is 1. The van der Waals surface area contributed by atoms with Crippen LogP contribution in [0.15, 0.2) is 41.6 Å². The van der Waals surface area contributed by atoms with Gasteiger partial charge in [-0.05, 0) is 29.8 Å². The van der Waals surface area contributed by atoms with Crippen molar-refractivity contribution in [1.82, 2.24) is 9.55 Å². The molecule has 102 valence electrons. The molecule has 0 radical (unpaired) electrons. The molecule has 0 aliphatic carbocycles. The van der Waals surface area contributed by atoms with Gasteiger partial charge in [-0.1, -0.05) is 35.3 Å². The molecule has 0 saturated heterocycles. The zero-order chi connectivity index (χ0) is 14.3. The van der Waals surface area contributed by atoms with Crippen LogP contribution in [0.1, 0.15) is 5.56 Å². The third-order valence-corrected chi connectivity index (χ3v) is 3.97. The summed E-state index contributed by atoms with van der Waals surface area (Å²) in [6, 6.07) is 11.2. The second kappa shape index (κ2) is 5.20. The summed E-state index contributed by atoms with van der Waals surface area (Å²) in [6.07, 6.45) is 0. The third kappa shape index (κ3) is 2.35. The number of para-hydroxylation sites is 2. The first kappa shape index (κ1) is 13.6. The van der Waals surface area contributed by atoms with Gasteiger partial charge in [0.2, 0.25) is 0 Å². The lowest BCUT2D eigenvalue weighted by molar-refractivity contribution is 0.475. The van der Waals surface area contributed by atoms with Crippen LogP contribution in [0, 0.1) is 0 Å². The number of halogens is 2. The van der Waals surface area contributed by atoms with E-state index in [1.165, 1.54) is 0 Å². The first-order valence-corrected chi connectivity index (χ1v) is 7.07. The summed E-state index contributed by atoms with van der Waals surface area (Å²) in [5.41, 5.74) is 2.74. The molecule has 0 amide bonds. The molecule has 2 aromatic carbocycles. The fourth-order valence-electron chi connectivity index (χ4n) is 2.11. The van der Waals surface area contributed by atoms with E-state index >= 15 is 0 Å². The van der Waals surface area contributed by atoms with Gasteiger partial charge < -0.3 is 9.67 Å². The number of nitrogens with zero attached hydrogens (tertiary/aromatic N) is 2. The lowest BCUT2D eigenvalue weighted by Gasteiger charge is -2.09. The van der Waals surface area contributed by atoms with Crippen LogP contribution in [-0.4, -0.2) is 14.7 Å². The predicted octanol–water partition coefficient (Wildman–Crippen LogP) is 4.39. The average molecular weight is 325 g/mol. The highest BCUT2D eigenvalue weighted by Gasteiger charge is 2.11. The summed E-state index contributed by atoms with van der Waals surface area (Å²) < 4.78 is 1.96. The second-order valence-electron chi connectivity index (χ2n) is 4.39. The van der Waals surface area contributed by atoms with Gasteiger partial charge in [-0.15, -0.1) is 12.6 Å². The van der Waals surface area contributed by atoms with E-state index in [1.807, 2.05) is 28.8 Å². The van der Waals surface area contributed by atoms with Crippen molar-refractivity contribution in [3.63, 3.8) is 0 Å². The number of thiol groups is 1. The van der Waals surface area contributed by atoms with E-state index in [1.54, 1.807) is 12.1 Å². The lowest BCUT2D eigenvalue weighted by atomic mass is 10.2. The van der Waals surface area contributed by atoms with Crippen LogP contribution >= 0.6 is 35.8 Å². The first-order valence-electron chi connectivity index (χ1n) is 5.87. The molecule has 3 nitrogen and oxygen atoms in total. The number of fused-ring (bicyclic) bond motifs is 1. The van der Waals surface area contributed by atoms with Crippen molar-refractivity contribution < 1.29 is 5.11 Å². The van der Waals surface area contributed by atoms with E-state index < -0.39 is 0 Å². The summed E-state index contributed by atoms with van der Waals surface area (Å²) in [4.78, 5) is 4.38. The number of imidazole rings is 1. The molecule has 3 aromatic rings. The van der Waals surface area contributed by atoms with Crippen LogP contribution in [0.2, 0.25) is 10.0 Å². The van der Waals surface area contributed by atoms with Crippen LogP contribution in [0.4, 0.5) is 0 Å². The van der Waals surface area contributed by atoms with Crippen molar-refractivity contribution in [3.8, 4) is 5.75 Å². The Morgan fingerprint density at radius 2 is 1.80 bits per heavy atom. The summed E-state index contributed by atoms with van der Waals surface area (Å²) in [5, 5.41) is 10.7. The van der Waals surface area contributed by atoms with Crippen LogP contribution in [-0.2, 0) is 6.54 Å². The zero-order valence-electron chi connectivity index (χ0n) is 10.2. The minimum Gasteiger partial charge on any atom is -0.505 e. The molecule has 0 aliphatic rings. The maximum atomic E-state index is 9.59. The molecular formula is C14H10Cl2N2OS. The fourth-order valence-corrected chi connectivity index (χ4v) is 2.93. The van der Waals surface area contributed by atoms with Gasteiger partial charge in [0.25, 0.3) is 0 Å². The molecule has 3 rings (SSSR count). The van der Waals surface area contributed by atoms with E-state index in [0.717, 1.165) is 16.6 Å². The fraction of sp³-hybridized carbons (Fsp3) is 0.0714. The van der Waals surface area contributed by atoms with E-state index in [4.69, 9.17) is 23.2 Å². The van der Waals surface area contributed by atoms with Crippen molar-refractivity contribution in [1.29, 1.82) is 0 Å². The molecule has 0 aliphatic heterocycles. The number of phenols is 1. The highest BCUT2D eigenvalue weighted by molar-refractivity contribution is 7.80. The van der Waals surface area contributed by atoms with Crippen LogP contribution in [0.3, 0.4) is 0 Å². The Labute approximate surface area is 131 Å². The normalized spacial score (nSPS) is 11.2. The van der Waals surface area contributed by atoms with Crippen LogP contribution < -0.4 is 0 Å². The van der Waals surface area contributed by atoms with Gasteiger partial charge in [-0.2, -0.15) is 0 Å². The van der Waals surface area contributed by atoms with Crippen molar-refractivity contribution in [2.45, 2.75) is 11.7 Å². The summed E-state index contributed by atoms with van der Waals surface area (Å²) in [5.74, 6) is -0.0985. The summed E-state index contributed by atoms with van der Waals surface area (Å²) in [6.45, 7) is 0.527. The Morgan fingerprint density at radius 1 is 1.15 bits per heavy atom. The number of benzene rings is 2. The van der Waals surface area contributed by atoms with E-state index in [0.29, 0.717) is 11.7 Å². The quantitative estimate of drug-likeness (QED) is 0.686. The second-order valence-corrected chi connectivity index (χ2v) is 5.61. The smallest absolute Gasteiger partial charge is 0.166 e. The number of hydrogen-bond acceptors (Lipinski definition) is 3. The highest BCUT2D eigenvalue weighted by atomic mass is 35.5. The molecular weight excluding hydrogens is 315 g/mol. The molecule has 0 unspecified atom stereocenters. The van der Waals surface area contributed by atoms with E-state index in [9.17, 15) is 5.11 Å². The molecule has 1 N–H and O–H groups in total. The SMILES string of the molecule is Oc1c(Cl)cc(Cn2c(S)nc3ccccc32)cc1Cl. The predicted molar refractivity (Wildman–Crippen MR) is 84.2 cm³/mol. The largest absolute Gasteiger partial charge is 0.505 e. The Morgan fingerprint density at radius 3 is 2.50 bits per heavy atom. The van der Waals surface area contributed by atoms with Gasteiger partial charge in [0, 0.05) is 0 Å². The Bertz CT molecular complexity index is 778. The van der Waals surface area contributed by atoms with Gasteiger partial charge in [0.1, 0.15) is 0 Å². The molecule has 0 spiro atoms.